The molecule has 0 spiro atoms. The zero-order chi connectivity index (χ0) is 22.6. The summed E-state index contributed by atoms with van der Waals surface area (Å²) in [5, 5.41) is 0. The molecule has 0 fully saturated rings. The van der Waals surface area contributed by atoms with Gasteiger partial charge >= 0.3 is 0 Å². The van der Waals surface area contributed by atoms with Gasteiger partial charge in [0.05, 0.1) is 31.7 Å². The largest absolute Gasteiger partial charge is 0.497 e. The molecule has 4 heteroatoms. The van der Waals surface area contributed by atoms with Crippen molar-refractivity contribution in [1.29, 1.82) is 0 Å². The maximum atomic E-state index is 5.99. The number of unbranched alkanes of at least 4 members (excludes halogenated alkanes) is 5. The highest BCUT2D eigenvalue weighted by Crippen LogP contribution is 2.34. The van der Waals surface area contributed by atoms with E-state index in [0.717, 1.165) is 30.3 Å². The molecule has 0 atom stereocenters. The van der Waals surface area contributed by atoms with Crippen LogP contribution in [0.1, 0.15) is 45.4 Å². The zero-order valence-corrected chi connectivity index (χ0v) is 20.3. The predicted octanol–water partition coefficient (Wildman–Crippen LogP) is 7.54. The molecule has 0 aromatic heterocycles. The SMILES string of the molecule is CCCCCCCCOc1ccc([S+](c2ccc(OC)cc2)c2ccc(OC)cc2)cc1. The average Bonchev–Trinajstić information content (AvgIpc) is 2.85. The second-order valence-corrected chi connectivity index (χ2v) is 9.77. The number of methoxy groups -OCH3 is 2. The number of benzene rings is 3. The Bertz CT molecular complexity index is 857. The first-order valence-corrected chi connectivity index (χ1v) is 12.7. The molecule has 0 radical (unpaired) electrons. The van der Waals surface area contributed by atoms with Crippen molar-refractivity contribution < 1.29 is 14.2 Å². The second kappa shape index (κ2) is 13.1. The van der Waals surface area contributed by atoms with Crippen LogP contribution in [-0.4, -0.2) is 20.8 Å². The van der Waals surface area contributed by atoms with Crippen molar-refractivity contribution in [1.82, 2.24) is 0 Å². The second-order valence-electron chi connectivity index (χ2n) is 7.74. The molecule has 0 amide bonds. The third-order valence-electron chi connectivity index (χ3n) is 5.42. The van der Waals surface area contributed by atoms with E-state index in [9.17, 15) is 0 Å². The van der Waals surface area contributed by atoms with Gasteiger partial charge in [-0.3, -0.25) is 0 Å². The first-order chi connectivity index (χ1) is 15.7. The summed E-state index contributed by atoms with van der Waals surface area (Å²) in [4.78, 5) is 3.75. The monoisotopic (exact) mass is 451 g/mol. The van der Waals surface area contributed by atoms with E-state index in [1.165, 1.54) is 46.8 Å². The Kier molecular flexibility index (Phi) is 9.83. The third kappa shape index (κ3) is 6.96. The van der Waals surface area contributed by atoms with Crippen LogP contribution in [0.2, 0.25) is 0 Å². The van der Waals surface area contributed by atoms with E-state index in [4.69, 9.17) is 14.2 Å². The highest BCUT2D eigenvalue weighted by atomic mass is 32.2. The van der Waals surface area contributed by atoms with Crippen molar-refractivity contribution in [3.63, 3.8) is 0 Å². The molecule has 0 heterocycles. The maximum absolute atomic E-state index is 5.99. The fraction of sp³-hybridized carbons (Fsp3) is 0.357. The van der Waals surface area contributed by atoms with Crippen LogP contribution in [0.25, 0.3) is 0 Å². The average molecular weight is 452 g/mol. The van der Waals surface area contributed by atoms with E-state index < -0.39 is 0 Å². The van der Waals surface area contributed by atoms with Crippen LogP contribution >= 0.6 is 0 Å². The van der Waals surface area contributed by atoms with E-state index in [0.29, 0.717) is 0 Å². The lowest BCUT2D eigenvalue weighted by atomic mass is 10.1. The fourth-order valence-electron chi connectivity index (χ4n) is 3.58. The summed E-state index contributed by atoms with van der Waals surface area (Å²) in [5.41, 5.74) is 0. The summed E-state index contributed by atoms with van der Waals surface area (Å²) >= 11 is 0. The van der Waals surface area contributed by atoms with E-state index in [2.05, 4.69) is 55.5 Å². The van der Waals surface area contributed by atoms with Gasteiger partial charge in [-0.2, -0.15) is 0 Å². The lowest BCUT2D eigenvalue weighted by Crippen LogP contribution is -2.05. The highest BCUT2D eigenvalue weighted by Gasteiger charge is 2.28. The maximum Gasteiger partial charge on any atom is 0.166 e. The van der Waals surface area contributed by atoms with E-state index in [1.54, 1.807) is 14.2 Å². The molecule has 170 valence electrons. The topological polar surface area (TPSA) is 27.7 Å². The molecule has 3 aromatic rings. The lowest BCUT2D eigenvalue weighted by molar-refractivity contribution is 0.304. The summed E-state index contributed by atoms with van der Waals surface area (Å²) in [6, 6.07) is 25.3. The molecule has 0 aliphatic carbocycles. The standard InChI is InChI=1S/C28H35O3S/c1-4-5-6-7-8-9-22-31-25-14-20-28(21-15-25)32(26-16-10-23(29-2)11-17-26)27-18-12-24(30-3)13-19-27/h10-21H,4-9,22H2,1-3H3/q+1. The Morgan fingerprint density at radius 3 is 1.38 bits per heavy atom. The van der Waals surface area contributed by atoms with Crippen molar-refractivity contribution in [2.75, 3.05) is 20.8 Å². The van der Waals surface area contributed by atoms with E-state index in [-0.39, 0.29) is 10.9 Å². The molecule has 3 nitrogen and oxygen atoms in total. The number of ether oxygens (including phenoxy) is 3. The van der Waals surface area contributed by atoms with E-state index >= 15 is 0 Å². The van der Waals surface area contributed by atoms with E-state index in [1.807, 2.05) is 24.3 Å². The number of hydrogen-bond acceptors (Lipinski definition) is 3. The smallest absolute Gasteiger partial charge is 0.166 e. The Balaban J connectivity index is 1.71. The first kappa shape index (κ1) is 24.1. The van der Waals surface area contributed by atoms with Crippen molar-refractivity contribution in [3.05, 3.63) is 72.8 Å². The molecule has 0 N–H and O–H groups in total. The van der Waals surface area contributed by atoms with Crippen molar-refractivity contribution in [3.8, 4) is 17.2 Å². The molecule has 0 bridgehead atoms. The molecule has 32 heavy (non-hydrogen) atoms. The Morgan fingerprint density at radius 1 is 0.531 bits per heavy atom. The number of hydrogen-bond donors (Lipinski definition) is 0. The Labute approximate surface area is 196 Å². The van der Waals surface area contributed by atoms with Gasteiger partial charge in [0.1, 0.15) is 17.2 Å². The lowest BCUT2D eigenvalue weighted by Gasteiger charge is -2.11. The quantitative estimate of drug-likeness (QED) is 0.198. The summed E-state index contributed by atoms with van der Waals surface area (Å²) < 4.78 is 16.7. The fourth-order valence-corrected chi connectivity index (χ4v) is 5.62. The molecule has 0 aliphatic rings. The third-order valence-corrected chi connectivity index (χ3v) is 7.65. The summed E-state index contributed by atoms with van der Waals surface area (Å²) in [5.74, 6) is 2.67. The van der Waals surface area contributed by atoms with Crippen LogP contribution in [0.15, 0.2) is 87.5 Å². The van der Waals surface area contributed by atoms with Crippen LogP contribution in [-0.2, 0) is 10.9 Å². The minimum absolute atomic E-state index is 0.222. The van der Waals surface area contributed by atoms with Crippen molar-refractivity contribution in [2.45, 2.75) is 60.1 Å². The van der Waals surface area contributed by atoms with Crippen LogP contribution in [0.3, 0.4) is 0 Å². The highest BCUT2D eigenvalue weighted by molar-refractivity contribution is 7.97. The summed E-state index contributed by atoms with van der Waals surface area (Å²) in [6.45, 7) is 3.04. The van der Waals surface area contributed by atoms with Gasteiger partial charge in [0.15, 0.2) is 14.7 Å². The zero-order valence-electron chi connectivity index (χ0n) is 19.5. The van der Waals surface area contributed by atoms with Crippen LogP contribution in [0, 0.1) is 0 Å². The molecule has 0 saturated carbocycles. The number of rotatable bonds is 13. The molecule has 3 aromatic carbocycles. The van der Waals surface area contributed by atoms with Gasteiger partial charge in [-0.1, -0.05) is 39.0 Å². The summed E-state index contributed by atoms with van der Waals surface area (Å²) in [6.07, 6.45) is 7.64. The van der Waals surface area contributed by atoms with Crippen molar-refractivity contribution in [2.24, 2.45) is 0 Å². The van der Waals surface area contributed by atoms with Gasteiger partial charge in [-0.05, 0) is 79.2 Å². The Hall–Kier alpha value is -2.59. The van der Waals surface area contributed by atoms with Crippen LogP contribution in [0.4, 0.5) is 0 Å². The minimum Gasteiger partial charge on any atom is -0.497 e. The Morgan fingerprint density at radius 2 is 0.938 bits per heavy atom. The minimum atomic E-state index is -0.222. The van der Waals surface area contributed by atoms with Gasteiger partial charge in [-0.25, -0.2) is 0 Å². The van der Waals surface area contributed by atoms with Gasteiger partial charge in [0.2, 0.25) is 0 Å². The molecule has 3 rings (SSSR count). The van der Waals surface area contributed by atoms with Crippen LogP contribution in [0.5, 0.6) is 17.2 Å². The van der Waals surface area contributed by atoms with Crippen molar-refractivity contribution >= 4 is 10.9 Å². The van der Waals surface area contributed by atoms with Gasteiger partial charge < -0.3 is 14.2 Å². The van der Waals surface area contributed by atoms with Crippen LogP contribution < -0.4 is 14.2 Å². The van der Waals surface area contributed by atoms with Gasteiger partial charge in [0.25, 0.3) is 0 Å². The van der Waals surface area contributed by atoms with Gasteiger partial charge in [-0.15, -0.1) is 0 Å². The molecular formula is C28H35O3S+. The molecule has 0 unspecified atom stereocenters. The molecule has 0 saturated heterocycles. The van der Waals surface area contributed by atoms with Gasteiger partial charge in [0, 0.05) is 0 Å². The normalized spacial score (nSPS) is 10.9. The molecular weight excluding hydrogens is 416 g/mol. The predicted molar refractivity (Wildman–Crippen MR) is 133 cm³/mol. The first-order valence-electron chi connectivity index (χ1n) is 11.5. The molecule has 0 aliphatic heterocycles. The summed E-state index contributed by atoms with van der Waals surface area (Å²) in [7, 11) is 3.17.